The van der Waals surface area contributed by atoms with Crippen LogP contribution < -0.4 is 10.1 Å². The number of carbonyl (C=O) groups is 1. The van der Waals surface area contributed by atoms with E-state index >= 15 is 0 Å². The Kier molecular flexibility index (Phi) is 4.24. The molecule has 0 unspecified atom stereocenters. The lowest BCUT2D eigenvalue weighted by Gasteiger charge is -2.25. The maximum atomic E-state index is 12.5. The third kappa shape index (κ3) is 3.10. The zero-order valence-electron chi connectivity index (χ0n) is 14.4. The van der Waals surface area contributed by atoms with Gasteiger partial charge in [0.05, 0.1) is 18.1 Å². The lowest BCUT2D eigenvalue weighted by molar-refractivity contribution is 0.102. The number of fused-ring (bicyclic) bond motifs is 1. The Bertz CT molecular complexity index is 961. The van der Waals surface area contributed by atoms with E-state index in [1.54, 1.807) is 17.5 Å². The van der Waals surface area contributed by atoms with Gasteiger partial charge >= 0.3 is 0 Å². The number of anilines is 1. The second-order valence-corrected chi connectivity index (χ2v) is 9.69. The lowest BCUT2D eigenvalue weighted by atomic mass is 10.2. The molecule has 3 heterocycles. The molecule has 1 aliphatic carbocycles. The Labute approximate surface area is 155 Å². The first-order valence-electron chi connectivity index (χ1n) is 8.25. The molecule has 1 saturated carbocycles. The van der Waals surface area contributed by atoms with Crippen molar-refractivity contribution < 1.29 is 17.9 Å². The molecule has 9 nitrogen and oxygen atoms in total. The van der Waals surface area contributed by atoms with Crippen LogP contribution in [0.3, 0.4) is 0 Å². The zero-order valence-corrected chi connectivity index (χ0v) is 16.1. The highest BCUT2D eigenvalue weighted by Crippen LogP contribution is 2.35. The Morgan fingerprint density at radius 2 is 2.19 bits per heavy atom. The van der Waals surface area contributed by atoms with Crippen molar-refractivity contribution in [3.8, 4) is 5.88 Å². The molecule has 0 atom stereocenters. The SMILES string of the molecule is COc1nn(C)cc1C(=O)Nc1nc2c(s1)CN(S(=O)(=O)C1CC1)CC2. The predicted molar refractivity (Wildman–Crippen MR) is 95.9 cm³/mol. The molecule has 0 aromatic carbocycles. The van der Waals surface area contributed by atoms with Gasteiger partial charge in [-0.25, -0.2) is 13.4 Å². The monoisotopic (exact) mass is 397 g/mol. The summed E-state index contributed by atoms with van der Waals surface area (Å²) >= 11 is 1.31. The van der Waals surface area contributed by atoms with Crippen LogP contribution in [0.5, 0.6) is 5.88 Å². The fraction of sp³-hybridized carbons (Fsp3) is 0.533. The van der Waals surface area contributed by atoms with Crippen molar-refractivity contribution in [1.82, 2.24) is 19.1 Å². The molecule has 11 heteroatoms. The summed E-state index contributed by atoms with van der Waals surface area (Å²) in [4.78, 5) is 17.8. The number of aromatic nitrogens is 3. The average Bonchev–Trinajstić information content (AvgIpc) is 3.29. The average molecular weight is 397 g/mol. The molecule has 26 heavy (non-hydrogen) atoms. The summed E-state index contributed by atoms with van der Waals surface area (Å²) in [5.41, 5.74) is 1.17. The van der Waals surface area contributed by atoms with Crippen LogP contribution >= 0.6 is 11.3 Å². The van der Waals surface area contributed by atoms with Crippen molar-refractivity contribution in [3.63, 3.8) is 0 Å². The van der Waals surface area contributed by atoms with Gasteiger partial charge in [0.15, 0.2) is 5.13 Å². The van der Waals surface area contributed by atoms with Crippen LogP contribution in [0.1, 0.15) is 33.8 Å². The fourth-order valence-corrected chi connectivity index (χ4v) is 5.87. The van der Waals surface area contributed by atoms with Gasteiger partial charge in [-0.1, -0.05) is 0 Å². The van der Waals surface area contributed by atoms with Crippen molar-refractivity contribution in [1.29, 1.82) is 0 Å². The molecular formula is C15H19N5O4S2. The van der Waals surface area contributed by atoms with E-state index in [-0.39, 0.29) is 17.0 Å². The van der Waals surface area contributed by atoms with Gasteiger partial charge in [0.25, 0.3) is 5.91 Å². The molecule has 0 spiro atoms. The van der Waals surface area contributed by atoms with Gasteiger partial charge in [0.2, 0.25) is 15.9 Å². The summed E-state index contributed by atoms with van der Waals surface area (Å²) in [7, 11) is -0.0381. The van der Waals surface area contributed by atoms with Crippen LogP contribution in [-0.2, 0) is 30.0 Å². The van der Waals surface area contributed by atoms with E-state index in [9.17, 15) is 13.2 Å². The summed E-state index contributed by atoms with van der Waals surface area (Å²) < 4.78 is 33.0. The Morgan fingerprint density at radius 3 is 2.88 bits per heavy atom. The third-order valence-corrected chi connectivity index (χ3v) is 7.80. The Balaban J connectivity index is 1.50. The molecule has 2 aromatic heterocycles. The van der Waals surface area contributed by atoms with E-state index in [0.29, 0.717) is 30.2 Å². The van der Waals surface area contributed by atoms with Gasteiger partial charge in [0, 0.05) is 37.6 Å². The molecule has 4 rings (SSSR count). The van der Waals surface area contributed by atoms with E-state index in [1.165, 1.54) is 23.1 Å². The van der Waals surface area contributed by atoms with Crippen molar-refractivity contribution in [2.45, 2.75) is 31.1 Å². The topological polar surface area (TPSA) is 106 Å². The van der Waals surface area contributed by atoms with Gasteiger partial charge in [-0.15, -0.1) is 16.4 Å². The Morgan fingerprint density at radius 1 is 1.42 bits per heavy atom. The quantitative estimate of drug-likeness (QED) is 0.806. The van der Waals surface area contributed by atoms with Crippen LogP contribution in [0.2, 0.25) is 0 Å². The second kappa shape index (κ2) is 6.32. The summed E-state index contributed by atoms with van der Waals surface area (Å²) in [5.74, 6) is -0.114. The molecule has 1 fully saturated rings. The van der Waals surface area contributed by atoms with Crippen LogP contribution in [0.15, 0.2) is 6.20 Å². The van der Waals surface area contributed by atoms with E-state index in [2.05, 4.69) is 15.4 Å². The zero-order chi connectivity index (χ0) is 18.5. The molecule has 1 amide bonds. The largest absolute Gasteiger partial charge is 0.479 e. The van der Waals surface area contributed by atoms with Gasteiger partial charge in [-0.05, 0) is 12.8 Å². The van der Waals surface area contributed by atoms with Crippen LogP contribution in [0, 0.1) is 0 Å². The highest BCUT2D eigenvalue weighted by Gasteiger charge is 2.41. The number of hydrogen-bond acceptors (Lipinski definition) is 7. The van der Waals surface area contributed by atoms with Crippen LogP contribution in [0.25, 0.3) is 0 Å². The lowest BCUT2D eigenvalue weighted by Crippen LogP contribution is -2.37. The van der Waals surface area contributed by atoms with E-state index < -0.39 is 10.0 Å². The normalized spacial score (nSPS) is 17.8. The first-order chi connectivity index (χ1) is 12.4. The van der Waals surface area contributed by atoms with Crippen molar-refractivity contribution in [3.05, 3.63) is 22.3 Å². The molecule has 1 aliphatic heterocycles. The van der Waals surface area contributed by atoms with Crippen molar-refractivity contribution in [2.75, 3.05) is 19.0 Å². The first kappa shape index (κ1) is 17.4. The molecule has 140 valence electrons. The summed E-state index contributed by atoms with van der Waals surface area (Å²) in [5, 5.41) is 7.06. The highest BCUT2D eigenvalue weighted by atomic mass is 32.2. The molecule has 0 bridgehead atoms. The number of carbonyl (C=O) groups excluding carboxylic acids is 1. The minimum Gasteiger partial charge on any atom is -0.479 e. The highest BCUT2D eigenvalue weighted by molar-refractivity contribution is 7.90. The minimum absolute atomic E-state index is 0.214. The standard InChI is InChI=1S/C15H19N5O4S2/c1-19-7-10(14(18-19)24-2)13(21)17-15-16-11-5-6-20(8-12(11)25-15)26(22,23)9-3-4-9/h7,9H,3-6,8H2,1-2H3,(H,16,17,21). The number of aryl methyl sites for hydroxylation is 1. The molecule has 0 radical (unpaired) electrons. The smallest absolute Gasteiger partial charge is 0.264 e. The predicted octanol–water partition coefficient (Wildman–Crippen LogP) is 0.988. The van der Waals surface area contributed by atoms with Crippen molar-refractivity contribution in [2.24, 2.45) is 7.05 Å². The molecule has 1 N–H and O–H groups in total. The molecule has 0 saturated heterocycles. The number of rotatable bonds is 5. The van der Waals surface area contributed by atoms with Gasteiger partial charge < -0.3 is 4.74 Å². The number of sulfonamides is 1. The number of nitrogens with one attached hydrogen (secondary N) is 1. The van der Waals surface area contributed by atoms with Crippen LogP contribution in [-0.4, -0.2) is 52.3 Å². The maximum Gasteiger partial charge on any atom is 0.264 e. The van der Waals surface area contributed by atoms with Gasteiger partial charge in [0.1, 0.15) is 5.56 Å². The molecule has 2 aliphatic rings. The maximum absolute atomic E-state index is 12.5. The third-order valence-electron chi connectivity index (χ3n) is 4.46. The summed E-state index contributed by atoms with van der Waals surface area (Å²) in [6.45, 7) is 0.775. The number of hydrogen-bond donors (Lipinski definition) is 1. The second-order valence-electron chi connectivity index (χ2n) is 6.40. The van der Waals surface area contributed by atoms with E-state index in [1.807, 2.05) is 0 Å². The summed E-state index contributed by atoms with van der Waals surface area (Å²) in [6.07, 6.45) is 3.64. The number of methoxy groups -OCH3 is 1. The number of nitrogens with zero attached hydrogens (tertiary/aromatic N) is 4. The molecule has 2 aromatic rings. The fourth-order valence-electron chi connectivity index (χ4n) is 2.96. The van der Waals surface area contributed by atoms with E-state index in [0.717, 1.165) is 23.4 Å². The van der Waals surface area contributed by atoms with Crippen LogP contribution in [0.4, 0.5) is 5.13 Å². The van der Waals surface area contributed by atoms with Gasteiger partial charge in [-0.3, -0.25) is 14.8 Å². The number of thiazole rings is 1. The first-order valence-corrected chi connectivity index (χ1v) is 10.6. The Hall–Kier alpha value is -1.98. The minimum atomic E-state index is -3.20. The number of ether oxygens (including phenoxy) is 1. The molecular weight excluding hydrogens is 378 g/mol. The summed E-state index contributed by atoms with van der Waals surface area (Å²) in [6, 6.07) is 0. The van der Waals surface area contributed by atoms with Gasteiger partial charge in [-0.2, -0.15) is 4.31 Å². The van der Waals surface area contributed by atoms with Crippen molar-refractivity contribution >= 4 is 32.4 Å². The number of amides is 1. The van der Waals surface area contributed by atoms with E-state index in [4.69, 9.17) is 4.74 Å².